The molecule has 1 aromatic heterocycles. The zero-order valence-electron chi connectivity index (χ0n) is 8.64. The van der Waals surface area contributed by atoms with Gasteiger partial charge < -0.3 is 0 Å². The first-order valence-electron chi connectivity index (χ1n) is 4.65. The first-order valence-corrected chi connectivity index (χ1v) is 5.40. The third-order valence-electron chi connectivity index (χ3n) is 2.24. The standard InChI is InChI=1S/C11H6Cl2F2N2/c1-5-10(12)9(11(13)17-16-5)8-6(14)3-2-4-7(8)15/h2-4H,1H3. The van der Waals surface area contributed by atoms with Gasteiger partial charge >= 0.3 is 0 Å². The molecule has 0 aliphatic heterocycles. The molecule has 2 aromatic rings. The second-order valence-electron chi connectivity index (χ2n) is 3.36. The van der Waals surface area contributed by atoms with Crippen molar-refractivity contribution in [2.24, 2.45) is 0 Å². The minimum atomic E-state index is -0.749. The average molecular weight is 275 g/mol. The molecule has 2 rings (SSSR count). The minimum absolute atomic E-state index is 0.0245. The molecule has 1 aromatic carbocycles. The van der Waals surface area contributed by atoms with Crippen LogP contribution in [0.2, 0.25) is 10.2 Å². The van der Waals surface area contributed by atoms with Crippen LogP contribution < -0.4 is 0 Å². The predicted molar refractivity (Wildman–Crippen MR) is 62.1 cm³/mol. The van der Waals surface area contributed by atoms with Gasteiger partial charge in [0.05, 0.1) is 16.3 Å². The Morgan fingerprint density at radius 2 is 1.59 bits per heavy atom. The molecule has 0 unspecified atom stereocenters. The maximum absolute atomic E-state index is 13.6. The molecule has 0 aliphatic rings. The normalized spacial score (nSPS) is 10.6. The van der Waals surface area contributed by atoms with Gasteiger partial charge in [0, 0.05) is 5.56 Å². The lowest BCUT2D eigenvalue weighted by Crippen LogP contribution is -1.97. The van der Waals surface area contributed by atoms with Crippen molar-refractivity contribution in [3.05, 3.63) is 45.7 Å². The van der Waals surface area contributed by atoms with E-state index in [0.717, 1.165) is 12.1 Å². The molecule has 6 heteroatoms. The van der Waals surface area contributed by atoms with Crippen LogP contribution in [0.1, 0.15) is 5.69 Å². The molecule has 0 spiro atoms. The fraction of sp³-hybridized carbons (Fsp3) is 0.0909. The van der Waals surface area contributed by atoms with E-state index in [1.807, 2.05) is 0 Å². The molecule has 0 amide bonds. The Labute approximate surface area is 106 Å². The zero-order valence-corrected chi connectivity index (χ0v) is 10.2. The van der Waals surface area contributed by atoms with Gasteiger partial charge in [-0.1, -0.05) is 29.3 Å². The van der Waals surface area contributed by atoms with Crippen molar-refractivity contribution in [1.82, 2.24) is 10.2 Å². The van der Waals surface area contributed by atoms with E-state index in [4.69, 9.17) is 23.2 Å². The summed E-state index contributed by atoms with van der Waals surface area (Å²) >= 11 is 11.7. The van der Waals surface area contributed by atoms with Gasteiger partial charge in [-0.2, -0.15) is 5.10 Å². The lowest BCUT2D eigenvalue weighted by molar-refractivity contribution is 0.589. The van der Waals surface area contributed by atoms with E-state index in [1.54, 1.807) is 6.92 Å². The summed E-state index contributed by atoms with van der Waals surface area (Å²) < 4.78 is 27.2. The summed E-state index contributed by atoms with van der Waals surface area (Å²) in [6.45, 7) is 1.58. The highest BCUT2D eigenvalue weighted by Crippen LogP contribution is 2.37. The molecule has 0 radical (unpaired) electrons. The van der Waals surface area contributed by atoms with Crippen LogP contribution in [0.25, 0.3) is 11.1 Å². The monoisotopic (exact) mass is 274 g/mol. The minimum Gasteiger partial charge on any atom is -0.206 e. The van der Waals surface area contributed by atoms with E-state index in [1.165, 1.54) is 6.07 Å². The van der Waals surface area contributed by atoms with Gasteiger partial charge in [-0.05, 0) is 19.1 Å². The van der Waals surface area contributed by atoms with Crippen molar-refractivity contribution >= 4 is 23.2 Å². The molecule has 17 heavy (non-hydrogen) atoms. The first-order chi connectivity index (χ1) is 8.02. The van der Waals surface area contributed by atoms with Crippen LogP contribution in [0.5, 0.6) is 0 Å². The molecule has 2 nitrogen and oxygen atoms in total. The molecule has 1 heterocycles. The van der Waals surface area contributed by atoms with Crippen molar-refractivity contribution in [1.29, 1.82) is 0 Å². The van der Waals surface area contributed by atoms with E-state index < -0.39 is 11.6 Å². The molecule has 0 N–H and O–H groups in total. The Kier molecular flexibility index (Phi) is 3.26. The summed E-state index contributed by atoms with van der Waals surface area (Å²) in [7, 11) is 0. The number of benzene rings is 1. The van der Waals surface area contributed by atoms with Crippen LogP contribution in [-0.4, -0.2) is 10.2 Å². The van der Waals surface area contributed by atoms with Crippen molar-refractivity contribution in [2.75, 3.05) is 0 Å². The van der Waals surface area contributed by atoms with Crippen molar-refractivity contribution in [3.8, 4) is 11.1 Å². The van der Waals surface area contributed by atoms with Gasteiger partial charge in [0.15, 0.2) is 5.15 Å². The molecule has 0 saturated carbocycles. The van der Waals surface area contributed by atoms with Crippen molar-refractivity contribution in [2.45, 2.75) is 6.92 Å². The summed E-state index contributed by atoms with van der Waals surface area (Å²) in [6.07, 6.45) is 0. The predicted octanol–water partition coefficient (Wildman–Crippen LogP) is 4.04. The molecular formula is C11H6Cl2F2N2. The Morgan fingerprint density at radius 3 is 2.18 bits per heavy atom. The SMILES string of the molecule is Cc1nnc(Cl)c(-c2c(F)cccc2F)c1Cl. The summed E-state index contributed by atoms with van der Waals surface area (Å²) in [5.41, 5.74) is 0.0886. The number of aromatic nitrogens is 2. The topological polar surface area (TPSA) is 25.8 Å². The third-order valence-corrected chi connectivity index (χ3v) is 2.97. The zero-order chi connectivity index (χ0) is 12.6. The van der Waals surface area contributed by atoms with Crippen molar-refractivity contribution in [3.63, 3.8) is 0 Å². The van der Waals surface area contributed by atoms with E-state index in [0.29, 0.717) is 5.69 Å². The number of rotatable bonds is 1. The van der Waals surface area contributed by atoms with Gasteiger partial charge in [0.2, 0.25) is 0 Å². The summed E-state index contributed by atoms with van der Waals surface area (Å²) in [5.74, 6) is -1.50. The molecule has 0 fully saturated rings. The van der Waals surface area contributed by atoms with Crippen LogP contribution in [-0.2, 0) is 0 Å². The Hall–Kier alpha value is -1.26. The summed E-state index contributed by atoms with van der Waals surface area (Å²) in [5, 5.41) is 7.22. The fourth-order valence-corrected chi connectivity index (χ4v) is 1.93. The highest BCUT2D eigenvalue weighted by Gasteiger charge is 2.20. The van der Waals surface area contributed by atoms with E-state index in [2.05, 4.69) is 10.2 Å². The number of hydrogen-bond acceptors (Lipinski definition) is 2. The van der Waals surface area contributed by atoms with Gasteiger partial charge in [0.1, 0.15) is 11.6 Å². The highest BCUT2D eigenvalue weighted by atomic mass is 35.5. The number of aryl methyl sites for hydroxylation is 1. The third kappa shape index (κ3) is 2.10. The second-order valence-corrected chi connectivity index (χ2v) is 4.10. The molecule has 0 saturated heterocycles. The van der Waals surface area contributed by atoms with Crippen LogP contribution in [0.4, 0.5) is 8.78 Å². The van der Waals surface area contributed by atoms with Crippen molar-refractivity contribution < 1.29 is 8.78 Å². The number of nitrogens with zero attached hydrogens (tertiary/aromatic N) is 2. The Bertz CT molecular complexity index is 568. The smallest absolute Gasteiger partial charge is 0.161 e. The largest absolute Gasteiger partial charge is 0.206 e. The lowest BCUT2D eigenvalue weighted by Gasteiger charge is -2.09. The Morgan fingerprint density at radius 1 is 1.00 bits per heavy atom. The summed E-state index contributed by atoms with van der Waals surface area (Å²) in [4.78, 5) is 0. The first kappa shape index (κ1) is 12.2. The highest BCUT2D eigenvalue weighted by molar-refractivity contribution is 6.38. The van der Waals surface area contributed by atoms with Crippen LogP contribution in [0.15, 0.2) is 18.2 Å². The number of halogens is 4. The maximum Gasteiger partial charge on any atom is 0.161 e. The van der Waals surface area contributed by atoms with Gasteiger partial charge in [-0.15, -0.1) is 5.10 Å². The molecule has 0 aliphatic carbocycles. The van der Waals surface area contributed by atoms with Crippen LogP contribution in [0, 0.1) is 18.6 Å². The summed E-state index contributed by atoms with van der Waals surface area (Å²) in [6, 6.07) is 3.51. The molecular weight excluding hydrogens is 269 g/mol. The Balaban J connectivity index is 2.82. The van der Waals surface area contributed by atoms with Crippen LogP contribution >= 0.6 is 23.2 Å². The van der Waals surface area contributed by atoms with E-state index >= 15 is 0 Å². The quantitative estimate of drug-likeness (QED) is 0.785. The molecule has 0 atom stereocenters. The lowest BCUT2D eigenvalue weighted by atomic mass is 10.1. The van der Waals surface area contributed by atoms with E-state index in [-0.39, 0.29) is 21.3 Å². The van der Waals surface area contributed by atoms with E-state index in [9.17, 15) is 8.78 Å². The average Bonchev–Trinajstić information content (AvgIpc) is 2.28. The van der Waals surface area contributed by atoms with Crippen LogP contribution in [0.3, 0.4) is 0 Å². The molecule has 0 bridgehead atoms. The molecule has 88 valence electrons. The maximum atomic E-state index is 13.6. The van der Waals surface area contributed by atoms with Gasteiger partial charge in [-0.25, -0.2) is 8.78 Å². The van der Waals surface area contributed by atoms with Gasteiger partial charge in [0.25, 0.3) is 0 Å². The van der Waals surface area contributed by atoms with Gasteiger partial charge in [-0.3, -0.25) is 0 Å². The number of hydrogen-bond donors (Lipinski definition) is 0. The second kappa shape index (κ2) is 4.55. The fourth-order valence-electron chi connectivity index (χ4n) is 1.43.